The lowest BCUT2D eigenvalue weighted by Gasteiger charge is -2.24. The monoisotopic (exact) mass is 414 g/mol. The molecule has 1 aliphatic heterocycles. The smallest absolute Gasteiger partial charge is 0.270 e. The molecule has 1 fully saturated rings. The van der Waals surface area contributed by atoms with Crippen LogP contribution in [0.5, 0.6) is 5.75 Å². The van der Waals surface area contributed by atoms with Gasteiger partial charge in [0, 0.05) is 34.0 Å². The van der Waals surface area contributed by atoms with Gasteiger partial charge in [-0.2, -0.15) is 0 Å². The van der Waals surface area contributed by atoms with E-state index in [4.69, 9.17) is 4.74 Å². The Bertz CT molecular complexity index is 970. The number of carbonyl (C=O) groups is 1. The summed E-state index contributed by atoms with van der Waals surface area (Å²) in [5.74, 6) is 0.416. The SMILES string of the molecule is O=C(COc1ccc([N+](=O)[O-])cc1-c1cccs1)N1CCCC1c1cccs1. The maximum Gasteiger partial charge on any atom is 0.270 e. The van der Waals surface area contributed by atoms with Crippen LogP contribution < -0.4 is 4.74 Å². The van der Waals surface area contributed by atoms with E-state index in [1.54, 1.807) is 17.4 Å². The predicted octanol–water partition coefficient (Wildman–Crippen LogP) is 5.13. The van der Waals surface area contributed by atoms with Crippen molar-refractivity contribution in [3.8, 4) is 16.2 Å². The van der Waals surface area contributed by atoms with Gasteiger partial charge < -0.3 is 9.64 Å². The first kappa shape index (κ1) is 18.6. The molecule has 1 saturated heterocycles. The molecule has 1 aliphatic rings. The summed E-state index contributed by atoms with van der Waals surface area (Å²) in [5, 5.41) is 15.1. The zero-order chi connectivity index (χ0) is 19.5. The zero-order valence-electron chi connectivity index (χ0n) is 14.9. The molecule has 1 aromatic carbocycles. The van der Waals surface area contributed by atoms with Crippen LogP contribution in [-0.2, 0) is 4.79 Å². The molecule has 6 nitrogen and oxygen atoms in total. The maximum atomic E-state index is 12.8. The molecule has 2 aromatic heterocycles. The van der Waals surface area contributed by atoms with Crippen molar-refractivity contribution >= 4 is 34.3 Å². The van der Waals surface area contributed by atoms with E-state index in [-0.39, 0.29) is 24.2 Å². The van der Waals surface area contributed by atoms with Crippen LogP contribution in [0.3, 0.4) is 0 Å². The van der Waals surface area contributed by atoms with Gasteiger partial charge in [-0.1, -0.05) is 12.1 Å². The highest BCUT2D eigenvalue weighted by molar-refractivity contribution is 7.13. The van der Waals surface area contributed by atoms with Crippen LogP contribution >= 0.6 is 22.7 Å². The predicted molar refractivity (Wildman–Crippen MR) is 110 cm³/mol. The molecule has 28 heavy (non-hydrogen) atoms. The Balaban J connectivity index is 1.51. The first-order valence-electron chi connectivity index (χ1n) is 8.91. The average Bonchev–Trinajstić information content (AvgIpc) is 3.47. The van der Waals surface area contributed by atoms with Gasteiger partial charge in [-0.15, -0.1) is 22.7 Å². The van der Waals surface area contributed by atoms with E-state index < -0.39 is 4.92 Å². The van der Waals surface area contributed by atoms with Crippen molar-refractivity contribution in [1.29, 1.82) is 0 Å². The summed E-state index contributed by atoms with van der Waals surface area (Å²) in [4.78, 5) is 27.4. The van der Waals surface area contributed by atoms with Crippen molar-refractivity contribution in [2.75, 3.05) is 13.2 Å². The fourth-order valence-electron chi connectivity index (χ4n) is 3.45. The molecule has 0 aliphatic carbocycles. The number of likely N-dealkylation sites (tertiary alicyclic amines) is 1. The van der Waals surface area contributed by atoms with Crippen LogP contribution in [0.1, 0.15) is 23.8 Å². The van der Waals surface area contributed by atoms with Gasteiger partial charge in [0.1, 0.15) is 5.75 Å². The molecule has 1 unspecified atom stereocenters. The lowest BCUT2D eigenvalue weighted by Crippen LogP contribution is -2.34. The second-order valence-electron chi connectivity index (χ2n) is 6.46. The summed E-state index contributed by atoms with van der Waals surface area (Å²) in [6, 6.07) is 12.4. The maximum absolute atomic E-state index is 12.8. The van der Waals surface area contributed by atoms with Crippen LogP contribution in [0.25, 0.3) is 10.4 Å². The van der Waals surface area contributed by atoms with Crippen LogP contribution in [0.4, 0.5) is 5.69 Å². The van der Waals surface area contributed by atoms with E-state index in [9.17, 15) is 14.9 Å². The number of ether oxygens (including phenoxy) is 1. The molecular formula is C20H18N2O4S2. The second kappa shape index (κ2) is 8.12. The van der Waals surface area contributed by atoms with Gasteiger partial charge in [0.2, 0.25) is 0 Å². The standard InChI is InChI=1S/C20H18N2O4S2/c23-20(21-9-1-4-16(21)19-6-3-11-28-19)13-26-17-8-7-14(22(24)25)12-15(17)18-5-2-10-27-18/h2-3,5-8,10-12,16H,1,4,9,13H2. The lowest BCUT2D eigenvalue weighted by atomic mass is 10.1. The molecule has 4 rings (SSSR count). The lowest BCUT2D eigenvalue weighted by molar-refractivity contribution is -0.384. The Kier molecular flexibility index (Phi) is 5.40. The highest BCUT2D eigenvalue weighted by Gasteiger charge is 2.30. The molecular weight excluding hydrogens is 396 g/mol. The molecule has 0 N–H and O–H groups in total. The van der Waals surface area contributed by atoms with Gasteiger partial charge in [-0.3, -0.25) is 14.9 Å². The summed E-state index contributed by atoms with van der Waals surface area (Å²) < 4.78 is 5.83. The molecule has 8 heteroatoms. The molecule has 0 saturated carbocycles. The van der Waals surface area contributed by atoms with Crippen molar-refractivity contribution in [2.45, 2.75) is 18.9 Å². The van der Waals surface area contributed by atoms with Gasteiger partial charge >= 0.3 is 0 Å². The number of nitro groups is 1. The Morgan fingerprint density at radius 3 is 2.75 bits per heavy atom. The Labute approximate surface area is 170 Å². The number of thiophene rings is 2. The molecule has 0 bridgehead atoms. The molecule has 1 amide bonds. The number of nitrogens with zero attached hydrogens (tertiary/aromatic N) is 2. The Morgan fingerprint density at radius 1 is 1.21 bits per heavy atom. The van der Waals surface area contributed by atoms with Crippen molar-refractivity contribution in [3.05, 3.63) is 68.2 Å². The number of amides is 1. The summed E-state index contributed by atoms with van der Waals surface area (Å²) in [6.45, 7) is 0.640. The van der Waals surface area contributed by atoms with E-state index in [0.29, 0.717) is 11.3 Å². The van der Waals surface area contributed by atoms with Crippen molar-refractivity contribution in [1.82, 2.24) is 4.90 Å². The first-order chi connectivity index (χ1) is 13.6. The van der Waals surface area contributed by atoms with E-state index >= 15 is 0 Å². The second-order valence-corrected chi connectivity index (χ2v) is 8.39. The van der Waals surface area contributed by atoms with Gasteiger partial charge in [0.15, 0.2) is 6.61 Å². The van der Waals surface area contributed by atoms with E-state index in [1.165, 1.54) is 28.3 Å². The minimum Gasteiger partial charge on any atom is -0.483 e. The number of hydrogen-bond donors (Lipinski definition) is 0. The van der Waals surface area contributed by atoms with Gasteiger partial charge in [0.25, 0.3) is 11.6 Å². The molecule has 3 aromatic rings. The number of non-ortho nitro benzene ring substituents is 1. The molecule has 3 heterocycles. The largest absolute Gasteiger partial charge is 0.483 e. The molecule has 0 spiro atoms. The fraction of sp³-hybridized carbons (Fsp3) is 0.250. The summed E-state index contributed by atoms with van der Waals surface area (Å²) in [6.07, 6.45) is 1.94. The number of rotatable bonds is 6. The van der Waals surface area contributed by atoms with Gasteiger partial charge in [-0.05, 0) is 41.8 Å². The molecule has 1 atom stereocenters. The van der Waals surface area contributed by atoms with Gasteiger partial charge in [-0.25, -0.2) is 0 Å². The Hall–Kier alpha value is -2.71. The van der Waals surface area contributed by atoms with Crippen LogP contribution in [0.2, 0.25) is 0 Å². The average molecular weight is 415 g/mol. The third kappa shape index (κ3) is 3.79. The number of hydrogen-bond acceptors (Lipinski definition) is 6. The number of nitro benzene ring substituents is 1. The van der Waals surface area contributed by atoms with E-state index in [0.717, 1.165) is 24.3 Å². The zero-order valence-corrected chi connectivity index (χ0v) is 16.6. The quantitative estimate of drug-likeness (QED) is 0.414. The summed E-state index contributed by atoms with van der Waals surface area (Å²) in [5.41, 5.74) is 0.632. The summed E-state index contributed by atoms with van der Waals surface area (Å²) in [7, 11) is 0. The number of benzene rings is 1. The van der Waals surface area contributed by atoms with Crippen LogP contribution in [-0.4, -0.2) is 28.9 Å². The van der Waals surface area contributed by atoms with Crippen LogP contribution in [0, 0.1) is 10.1 Å². The van der Waals surface area contributed by atoms with Crippen molar-refractivity contribution < 1.29 is 14.5 Å². The minimum atomic E-state index is -0.429. The van der Waals surface area contributed by atoms with Crippen molar-refractivity contribution in [3.63, 3.8) is 0 Å². The first-order valence-corrected chi connectivity index (χ1v) is 10.7. The fourth-order valence-corrected chi connectivity index (χ4v) is 5.07. The normalized spacial score (nSPS) is 16.3. The van der Waals surface area contributed by atoms with Gasteiger partial charge in [0.05, 0.1) is 11.0 Å². The van der Waals surface area contributed by atoms with Crippen LogP contribution in [0.15, 0.2) is 53.2 Å². The summed E-state index contributed by atoms with van der Waals surface area (Å²) >= 11 is 3.14. The third-order valence-electron chi connectivity index (χ3n) is 4.76. The highest BCUT2D eigenvalue weighted by atomic mass is 32.1. The minimum absolute atomic E-state index is 0.000575. The topological polar surface area (TPSA) is 72.7 Å². The highest BCUT2D eigenvalue weighted by Crippen LogP contribution is 2.37. The molecule has 144 valence electrons. The molecule has 0 radical (unpaired) electrons. The Morgan fingerprint density at radius 2 is 2.04 bits per heavy atom. The number of carbonyl (C=O) groups excluding carboxylic acids is 1. The van der Waals surface area contributed by atoms with E-state index in [2.05, 4.69) is 6.07 Å². The van der Waals surface area contributed by atoms with E-state index in [1.807, 2.05) is 33.9 Å². The van der Waals surface area contributed by atoms with Crippen molar-refractivity contribution in [2.24, 2.45) is 0 Å². The third-order valence-corrected chi connectivity index (χ3v) is 6.63.